The predicted molar refractivity (Wildman–Crippen MR) is 33.1 cm³/mol. The van der Waals surface area contributed by atoms with Gasteiger partial charge in [0, 0.05) is 0 Å². The summed E-state index contributed by atoms with van der Waals surface area (Å²) in [5.41, 5.74) is 0. The van der Waals surface area contributed by atoms with Crippen molar-refractivity contribution in [1.29, 1.82) is 0 Å². The fraction of sp³-hybridized carbons (Fsp3) is 0.200. The molecule has 2 nitrogen and oxygen atoms in total. The van der Waals surface area contributed by atoms with Crippen LogP contribution in [-0.4, -0.2) is 18.2 Å². The Morgan fingerprint density at radius 2 is 2.62 bits per heavy atom. The van der Waals surface area contributed by atoms with Crippen LogP contribution in [0.5, 0.6) is 0 Å². The fourth-order valence-corrected chi connectivity index (χ4v) is 0.822. The van der Waals surface area contributed by atoms with Crippen molar-refractivity contribution >= 4 is 20.0 Å². The summed E-state index contributed by atoms with van der Waals surface area (Å²) >= 11 is 0. The molecule has 0 N–H and O–H groups in total. The predicted octanol–water partition coefficient (Wildman–Crippen LogP) is 0.805. The summed E-state index contributed by atoms with van der Waals surface area (Å²) in [7, 11) is 0.767. The third-order valence-corrected chi connectivity index (χ3v) is 1.28. The number of rotatable bonds is 0. The summed E-state index contributed by atoms with van der Waals surface area (Å²) in [6.45, 7) is 0.217. The van der Waals surface area contributed by atoms with E-state index < -0.39 is 0 Å². The zero-order valence-corrected chi connectivity index (χ0v) is 5.10. The van der Waals surface area contributed by atoms with E-state index in [1.165, 1.54) is 6.08 Å². The molecular formula is C5H5O2P. The average Bonchev–Trinajstić information content (AvgIpc) is 1.94. The molecule has 0 aliphatic carbocycles. The molecule has 0 saturated carbocycles. The molecule has 8 heavy (non-hydrogen) atoms. The average molecular weight is 128 g/mol. The number of allylic oxidation sites excluding steroid dienone is 1. The van der Waals surface area contributed by atoms with E-state index in [0.29, 0.717) is 0 Å². The van der Waals surface area contributed by atoms with Crippen LogP contribution in [0.3, 0.4) is 0 Å². The summed E-state index contributed by atoms with van der Waals surface area (Å²) in [4.78, 5) is 10.4. The van der Waals surface area contributed by atoms with E-state index in [2.05, 4.69) is 0 Å². The smallest absolute Gasteiger partial charge is 0.182 e. The van der Waals surface area contributed by atoms with E-state index >= 15 is 0 Å². The molecule has 0 bridgehead atoms. The van der Waals surface area contributed by atoms with Gasteiger partial charge in [0.15, 0.2) is 5.78 Å². The lowest BCUT2D eigenvalue weighted by Crippen LogP contribution is -1.97. The molecule has 1 aliphatic heterocycles. The van der Waals surface area contributed by atoms with Crippen LogP contribution in [0.4, 0.5) is 0 Å². The zero-order valence-electron chi connectivity index (χ0n) is 4.20. The molecule has 0 amide bonds. The lowest BCUT2D eigenvalue weighted by molar-refractivity contribution is -0.116. The van der Waals surface area contributed by atoms with Gasteiger partial charge in [-0.15, -0.1) is 0 Å². The highest BCUT2D eigenvalue weighted by molar-refractivity contribution is 7.33. The molecule has 3 heteroatoms. The van der Waals surface area contributed by atoms with Crippen LogP contribution in [0.1, 0.15) is 0 Å². The van der Waals surface area contributed by atoms with Crippen molar-refractivity contribution in [3.05, 3.63) is 12.2 Å². The first kappa shape index (κ1) is 5.67. The van der Waals surface area contributed by atoms with Crippen molar-refractivity contribution in [3.8, 4) is 0 Å². The molecule has 0 radical (unpaired) electrons. The maximum absolute atomic E-state index is 10.4. The summed E-state index contributed by atoms with van der Waals surface area (Å²) in [5, 5.41) is 0. The lowest BCUT2D eigenvalue weighted by Gasteiger charge is -1.84. The Morgan fingerprint density at radius 1 is 1.75 bits per heavy atom. The summed E-state index contributed by atoms with van der Waals surface area (Å²) in [5.74, 6) is 1.82. The van der Waals surface area contributed by atoms with Crippen LogP contribution < -0.4 is 0 Å². The maximum Gasteiger partial charge on any atom is 0.182 e. The molecular weight excluding hydrogens is 123 g/mol. The van der Waals surface area contributed by atoms with Gasteiger partial charge in [-0.25, -0.2) is 0 Å². The second-order valence-corrected chi connectivity index (χ2v) is 2.12. The Morgan fingerprint density at radius 3 is 3.50 bits per heavy atom. The molecule has 1 heterocycles. The first-order valence-corrected chi connectivity index (χ1v) is 3.12. The van der Waals surface area contributed by atoms with Gasteiger partial charge in [0.25, 0.3) is 0 Å². The van der Waals surface area contributed by atoms with E-state index in [-0.39, 0.29) is 12.4 Å². The topological polar surface area (TPSA) is 26.3 Å². The van der Waals surface area contributed by atoms with Crippen LogP contribution in [0, 0.1) is 0 Å². The summed E-state index contributed by atoms with van der Waals surface area (Å²) < 4.78 is 4.81. The van der Waals surface area contributed by atoms with Crippen LogP contribution in [0.15, 0.2) is 12.2 Å². The minimum absolute atomic E-state index is 0.0336. The van der Waals surface area contributed by atoms with Crippen molar-refractivity contribution in [2.75, 3.05) is 6.61 Å². The Labute approximate surface area is 49.0 Å². The van der Waals surface area contributed by atoms with Crippen LogP contribution in [-0.2, 0) is 9.32 Å². The van der Waals surface area contributed by atoms with Crippen molar-refractivity contribution < 1.29 is 9.32 Å². The van der Waals surface area contributed by atoms with E-state index in [4.69, 9.17) is 4.52 Å². The second-order valence-electron chi connectivity index (χ2n) is 1.35. The molecule has 1 aliphatic rings. The first-order valence-electron chi connectivity index (χ1n) is 2.24. The van der Waals surface area contributed by atoms with Gasteiger partial charge in [0.1, 0.15) is 6.61 Å². The molecule has 42 valence electrons. The molecule has 0 fully saturated rings. The van der Waals surface area contributed by atoms with Gasteiger partial charge in [-0.3, -0.25) is 4.79 Å². The van der Waals surface area contributed by atoms with Gasteiger partial charge in [0.2, 0.25) is 0 Å². The zero-order chi connectivity index (χ0) is 5.82. The van der Waals surface area contributed by atoms with Gasteiger partial charge in [-0.1, -0.05) is 6.08 Å². The van der Waals surface area contributed by atoms with Crippen molar-refractivity contribution in [1.82, 2.24) is 0 Å². The normalized spacial score (nSPS) is 20.8. The largest absolute Gasteiger partial charge is 0.318 e. The number of carbonyl (C=O) groups excluding carboxylic acids is 1. The van der Waals surface area contributed by atoms with Gasteiger partial charge in [-0.2, -0.15) is 0 Å². The second kappa shape index (κ2) is 2.75. The molecule has 0 atom stereocenters. The SMILES string of the molecule is O=C1C=CC=POC1. The van der Waals surface area contributed by atoms with Crippen molar-refractivity contribution in [2.45, 2.75) is 0 Å². The Balaban J connectivity index is 2.58. The van der Waals surface area contributed by atoms with E-state index in [0.717, 1.165) is 8.43 Å². The van der Waals surface area contributed by atoms with E-state index in [9.17, 15) is 4.79 Å². The molecule has 0 aromatic carbocycles. The number of carbonyl (C=O) groups is 1. The Hall–Kier alpha value is -0.460. The highest BCUT2D eigenvalue weighted by Gasteiger charge is 1.95. The third kappa shape index (κ3) is 1.57. The molecule has 0 aromatic heterocycles. The lowest BCUT2D eigenvalue weighted by atomic mass is 10.4. The van der Waals surface area contributed by atoms with Gasteiger partial charge in [-0.05, 0) is 11.9 Å². The monoisotopic (exact) mass is 128 g/mol. The number of ketones is 1. The minimum atomic E-state index is 0.0336. The summed E-state index contributed by atoms with van der Waals surface area (Å²) in [6.07, 6.45) is 3.22. The van der Waals surface area contributed by atoms with E-state index in [1.54, 1.807) is 11.9 Å². The van der Waals surface area contributed by atoms with Crippen molar-refractivity contribution in [2.24, 2.45) is 0 Å². The Kier molecular flexibility index (Phi) is 1.95. The minimum Gasteiger partial charge on any atom is -0.318 e. The number of hydrogen-bond acceptors (Lipinski definition) is 2. The summed E-state index contributed by atoms with van der Waals surface area (Å²) in [6, 6.07) is 0. The Bertz CT molecular complexity index is 149. The third-order valence-electron chi connectivity index (χ3n) is 0.710. The molecule has 0 spiro atoms. The van der Waals surface area contributed by atoms with Gasteiger partial charge in [0.05, 0.1) is 8.43 Å². The molecule has 0 aromatic rings. The van der Waals surface area contributed by atoms with Gasteiger partial charge >= 0.3 is 0 Å². The molecule has 0 saturated heterocycles. The van der Waals surface area contributed by atoms with Crippen LogP contribution in [0.2, 0.25) is 0 Å². The van der Waals surface area contributed by atoms with Crippen molar-refractivity contribution in [3.63, 3.8) is 0 Å². The van der Waals surface area contributed by atoms with E-state index in [1.807, 2.05) is 0 Å². The fourth-order valence-electron chi connectivity index (χ4n) is 0.378. The van der Waals surface area contributed by atoms with Crippen LogP contribution in [0.25, 0.3) is 0 Å². The molecule has 1 rings (SSSR count). The standard InChI is InChI=1S/C5H5O2P/c6-5-2-1-3-8-7-4-5/h1-3H,4H2. The van der Waals surface area contributed by atoms with Gasteiger partial charge < -0.3 is 4.52 Å². The quantitative estimate of drug-likeness (QED) is 0.451. The number of hydrogen-bond donors (Lipinski definition) is 0. The first-order chi connectivity index (χ1) is 3.89. The maximum atomic E-state index is 10.4. The highest BCUT2D eigenvalue weighted by atomic mass is 31.1. The highest BCUT2D eigenvalue weighted by Crippen LogP contribution is 1.99. The van der Waals surface area contributed by atoms with Crippen LogP contribution >= 0.6 is 8.43 Å². The molecule has 0 unspecified atom stereocenters.